The molecule has 1 aliphatic rings. The van der Waals surface area contributed by atoms with E-state index in [0.29, 0.717) is 6.04 Å². The number of nitrogens with zero attached hydrogens (tertiary/aromatic N) is 2. The number of H-pyrrole nitrogens is 1. The first kappa shape index (κ1) is 11.9. The molecular weight excluding hydrogens is 241 g/mol. The third-order valence-corrected chi connectivity index (χ3v) is 4.19. The average Bonchev–Trinajstić information content (AvgIpc) is 2.98. The van der Waals surface area contributed by atoms with Crippen molar-refractivity contribution in [2.75, 3.05) is 6.54 Å². The Morgan fingerprint density at radius 2 is 2.11 bits per heavy atom. The van der Waals surface area contributed by atoms with Gasteiger partial charge in [0.15, 0.2) is 0 Å². The molecule has 0 aliphatic carbocycles. The first-order chi connectivity index (χ1) is 8.74. The largest absolute Gasteiger partial charge is 0.341 e. The molecular formula is C14H18N3P. The Labute approximate surface area is 110 Å². The summed E-state index contributed by atoms with van der Waals surface area (Å²) < 4.78 is 2.29. The van der Waals surface area contributed by atoms with Gasteiger partial charge in [-0.05, 0) is 25.3 Å². The summed E-state index contributed by atoms with van der Waals surface area (Å²) in [6.45, 7) is 3.24. The van der Waals surface area contributed by atoms with Gasteiger partial charge < -0.3 is 4.98 Å². The Kier molecular flexibility index (Phi) is 3.19. The molecule has 2 aromatic rings. The zero-order valence-corrected chi connectivity index (χ0v) is 11.7. The molecule has 3 rings (SSSR count). The van der Waals surface area contributed by atoms with Crippen LogP contribution in [0.25, 0.3) is 11.3 Å². The van der Waals surface area contributed by atoms with E-state index >= 15 is 0 Å². The lowest BCUT2D eigenvalue weighted by Gasteiger charge is -2.16. The van der Waals surface area contributed by atoms with Crippen LogP contribution in [-0.4, -0.2) is 21.2 Å². The Hall–Kier alpha value is -1.18. The number of aromatic nitrogens is 2. The van der Waals surface area contributed by atoms with Crippen molar-refractivity contribution in [2.24, 2.45) is 0 Å². The second-order valence-electron chi connectivity index (χ2n) is 4.94. The number of hydrogen-bond acceptors (Lipinski definition) is 2. The van der Waals surface area contributed by atoms with Crippen LogP contribution in [0.4, 0.5) is 0 Å². The molecule has 0 bridgehead atoms. The van der Waals surface area contributed by atoms with Crippen LogP contribution in [-0.2, 0) is 0 Å². The third-order valence-electron chi connectivity index (χ3n) is 3.57. The molecule has 0 amide bonds. The summed E-state index contributed by atoms with van der Waals surface area (Å²) >= 11 is 0. The zero-order valence-electron chi connectivity index (χ0n) is 10.6. The molecule has 1 aliphatic heterocycles. The van der Waals surface area contributed by atoms with E-state index in [0.717, 1.165) is 18.1 Å². The second kappa shape index (κ2) is 4.83. The molecule has 0 spiro atoms. The van der Waals surface area contributed by atoms with Crippen LogP contribution in [0.15, 0.2) is 30.5 Å². The van der Waals surface area contributed by atoms with Gasteiger partial charge in [-0.25, -0.2) is 4.98 Å². The highest BCUT2D eigenvalue weighted by Gasteiger charge is 2.25. The first-order valence-corrected chi connectivity index (χ1v) is 6.89. The lowest BCUT2D eigenvalue weighted by atomic mass is 10.1. The molecule has 18 heavy (non-hydrogen) atoms. The van der Waals surface area contributed by atoms with Crippen LogP contribution >= 0.6 is 9.39 Å². The van der Waals surface area contributed by atoms with Crippen molar-refractivity contribution >= 4 is 9.39 Å². The summed E-state index contributed by atoms with van der Waals surface area (Å²) in [5.74, 6) is 1.08. The van der Waals surface area contributed by atoms with Gasteiger partial charge in [0.2, 0.25) is 0 Å². The predicted molar refractivity (Wildman–Crippen MR) is 77.2 cm³/mol. The number of aryl methyl sites for hydroxylation is 1. The van der Waals surface area contributed by atoms with Gasteiger partial charge in [0, 0.05) is 6.54 Å². The highest BCUT2D eigenvalue weighted by molar-refractivity contribution is 7.13. The highest BCUT2D eigenvalue weighted by atomic mass is 31.0. The number of aromatic amines is 1. The minimum absolute atomic E-state index is 0.425. The molecule has 1 fully saturated rings. The standard InChI is InChI=1S/C14H18N3P/c1-10-4-6-11(7-5-10)12-9-15-14(16-12)13-3-2-8-17(13)18/h4-7,9,13H,2-3,8,18H2,1H3,(H,15,16). The minimum atomic E-state index is 0.425. The molecule has 4 heteroatoms. The van der Waals surface area contributed by atoms with Gasteiger partial charge in [0.1, 0.15) is 5.82 Å². The van der Waals surface area contributed by atoms with E-state index in [1.165, 1.54) is 24.0 Å². The molecule has 2 unspecified atom stereocenters. The number of hydrogen-bond donors (Lipinski definition) is 1. The lowest BCUT2D eigenvalue weighted by Crippen LogP contribution is -2.12. The normalized spacial score (nSPS) is 20.4. The Bertz CT molecular complexity index is 532. The topological polar surface area (TPSA) is 31.9 Å². The van der Waals surface area contributed by atoms with Crippen molar-refractivity contribution in [1.29, 1.82) is 0 Å². The van der Waals surface area contributed by atoms with Gasteiger partial charge in [-0.15, -0.1) is 0 Å². The van der Waals surface area contributed by atoms with Gasteiger partial charge in [-0.3, -0.25) is 4.67 Å². The van der Waals surface area contributed by atoms with Gasteiger partial charge in [-0.2, -0.15) is 0 Å². The second-order valence-corrected chi connectivity index (χ2v) is 5.61. The van der Waals surface area contributed by atoms with Crippen molar-refractivity contribution in [3.63, 3.8) is 0 Å². The van der Waals surface area contributed by atoms with Gasteiger partial charge in [-0.1, -0.05) is 39.2 Å². The molecule has 2 heterocycles. The Balaban J connectivity index is 1.87. The van der Waals surface area contributed by atoms with E-state index in [2.05, 4.69) is 55.2 Å². The Morgan fingerprint density at radius 3 is 2.78 bits per heavy atom. The van der Waals surface area contributed by atoms with Crippen molar-refractivity contribution in [1.82, 2.24) is 14.6 Å². The van der Waals surface area contributed by atoms with Gasteiger partial charge >= 0.3 is 0 Å². The molecule has 1 aromatic heterocycles. The van der Waals surface area contributed by atoms with Crippen molar-refractivity contribution in [3.05, 3.63) is 41.9 Å². The third kappa shape index (κ3) is 2.21. The summed E-state index contributed by atoms with van der Waals surface area (Å²) in [5, 5.41) is 0. The fourth-order valence-corrected chi connectivity index (χ4v) is 2.94. The summed E-state index contributed by atoms with van der Waals surface area (Å²) in [5.41, 5.74) is 3.59. The molecule has 1 N–H and O–H groups in total. The Morgan fingerprint density at radius 1 is 1.33 bits per heavy atom. The predicted octanol–water partition coefficient (Wildman–Crippen LogP) is 3.31. The zero-order chi connectivity index (χ0) is 12.5. The van der Waals surface area contributed by atoms with Gasteiger partial charge in [0.05, 0.1) is 17.9 Å². The van der Waals surface area contributed by atoms with E-state index in [1.54, 1.807) is 0 Å². The van der Waals surface area contributed by atoms with Crippen LogP contribution < -0.4 is 0 Å². The summed E-state index contributed by atoms with van der Waals surface area (Å²) in [4.78, 5) is 7.99. The van der Waals surface area contributed by atoms with Crippen LogP contribution in [0.5, 0.6) is 0 Å². The van der Waals surface area contributed by atoms with Crippen LogP contribution in [0.2, 0.25) is 0 Å². The summed E-state index contributed by atoms with van der Waals surface area (Å²) in [7, 11) is 2.80. The molecule has 2 atom stereocenters. The van der Waals surface area contributed by atoms with Crippen molar-refractivity contribution < 1.29 is 0 Å². The molecule has 1 saturated heterocycles. The molecule has 94 valence electrons. The van der Waals surface area contributed by atoms with Crippen LogP contribution in [0.3, 0.4) is 0 Å². The average molecular weight is 259 g/mol. The fourth-order valence-electron chi connectivity index (χ4n) is 2.47. The van der Waals surface area contributed by atoms with Crippen molar-refractivity contribution in [2.45, 2.75) is 25.8 Å². The number of rotatable bonds is 2. The maximum atomic E-state index is 4.54. The maximum absolute atomic E-state index is 4.54. The van der Waals surface area contributed by atoms with E-state index in [-0.39, 0.29) is 0 Å². The maximum Gasteiger partial charge on any atom is 0.124 e. The first-order valence-electron chi connectivity index (χ1n) is 6.37. The summed E-state index contributed by atoms with van der Waals surface area (Å²) in [6.07, 6.45) is 4.37. The number of imidazole rings is 1. The molecule has 1 aromatic carbocycles. The quantitative estimate of drug-likeness (QED) is 0.839. The van der Waals surface area contributed by atoms with Crippen molar-refractivity contribution in [3.8, 4) is 11.3 Å². The molecule has 0 saturated carbocycles. The highest BCUT2D eigenvalue weighted by Crippen LogP contribution is 2.33. The minimum Gasteiger partial charge on any atom is -0.341 e. The van der Waals surface area contributed by atoms with Crippen LogP contribution in [0, 0.1) is 6.92 Å². The van der Waals surface area contributed by atoms with Crippen LogP contribution in [0.1, 0.15) is 30.3 Å². The van der Waals surface area contributed by atoms with E-state index in [4.69, 9.17) is 0 Å². The van der Waals surface area contributed by atoms with Gasteiger partial charge in [0.25, 0.3) is 0 Å². The molecule has 0 radical (unpaired) electrons. The van der Waals surface area contributed by atoms with E-state index < -0.39 is 0 Å². The lowest BCUT2D eigenvalue weighted by molar-refractivity contribution is 0.434. The summed E-state index contributed by atoms with van der Waals surface area (Å²) in [6, 6.07) is 8.97. The SMILES string of the molecule is Cc1ccc(-c2cnc(C3CCCN3P)[nH]2)cc1. The number of benzene rings is 1. The van der Waals surface area contributed by atoms with E-state index in [9.17, 15) is 0 Å². The van der Waals surface area contributed by atoms with E-state index in [1.807, 2.05) is 6.20 Å². The fraction of sp³-hybridized carbons (Fsp3) is 0.357. The molecule has 3 nitrogen and oxygen atoms in total. The smallest absolute Gasteiger partial charge is 0.124 e. The monoisotopic (exact) mass is 259 g/mol. The number of nitrogens with one attached hydrogen (secondary N) is 1.